The van der Waals surface area contributed by atoms with Crippen molar-refractivity contribution >= 4 is 5.69 Å². The Bertz CT molecular complexity index is 589. The first-order chi connectivity index (χ1) is 9.77. The van der Waals surface area contributed by atoms with Crippen molar-refractivity contribution in [2.45, 2.75) is 31.8 Å². The highest BCUT2D eigenvalue weighted by atomic mass is 16.6. The summed E-state index contributed by atoms with van der Waals surface area (Å²) in [5, 5.41) is 11.2. The number of nitrogens with zero attached hydrogens (tertiary/aromatic N) is 1. The van der Waals surface area contributed by atoms with E-state index in [1.807, 2.05) is 6.07 Å². The van der Waals surface area contributed by atoms with Gasteiger partial charge < -0.3 is 4.74 Å². The number of allylic oxidation sites excluding steroid dienone is 1. The van der Waals surface area contributed by atoms with E-state index in [9.17, 15) is 10.1 Å². The van der Waals surface area contributed by atoms with Crippen molar-refractivity contribution < 1.29 is 9.66 Å². The van der Waals surface area contributed by atoms with Crippen LogP contribution >= 0.6 is 0 Å². The second kappa shape index (κ2) is 5.59. The van der Waals surface area contributed by atoms with Gasteiger partial charge >= 0.3 is 0 Å². The third kappa shape index (κ3) is 2.39. The van der Waals surface area contributed by atoms with E-state index < -0.39 is 0 Å². The summed E-state index contributed by atoms with van der Waals surface area (Å²) in [6, 6.07) is 6.88. The molecule has 104 valence electrons. The fraction of sp³-hybridized carbons (Fsp3) is 0.375. The molecule has 1 aromatic rings. The monoisotopic (exact) mass is 271 g/mol. The summed E-state index contributed by atoms with van der Waals surface area (Å²) >= 11 is 0. The molecule has 0 aromatic heterocycles. The van der Waals surface area contributed by atoms with Gasteiger partial charge in [0.15, 0.2) is 0 Å². The van der Waals surface area contributed by atoms with Crippen molar-refractivity contribution in [3.63, 3.8) is 0 Å². The summed E-state index contributed by atoms with van der Waals surface area (Å²) in [5.41, 5.74) is 3.23. The van der Waals surface area contributed by atoms with Gasteiger partial charge in [-0.3, -0.25) is 10.1 Å². The van der Waals surface area contributed by atoms with Crippen LogP contribution in [0.25, 0.3) is 0 Å². The van der Waals surface area contributed by atoms with Gasteiger partial charge in [-0.15, -0.1) is 0 Å². The lowest BCUT2D eigenvalue weighted by atomic mass is 9.91. The van der Waals surface area contributed by atoms with Crippen LogP contribution < -0.4 is 0 Å². The maximum absolute atomic E-state index is 11.2. The maximum atomic E-state index is 11.2. The Kier molecular flexibility index (Phi) is 3.65. The number of rotatable bonds is 3. The minimum absolute atomic E-state index is 0.142. The summed E-state index contributed by atoms with van der Waals surface area (Å²) in [5.74, 6) is 0. The minimum atomic E-state index is -0.325. The van der Waals surface area contributed by atoms with Gasteiger partial charge in [-0.25, -0.2) is 0 Å². The van der Waals surface area contributed by atoms with Crippen molar-refractivity contribution in [3.05, 3.63) is 63.2 Å². The average Bonchev–Trinajstić information content (AvgIpc) is 3.01. The summed E-state index contributed by atoms with van der Waals surface area (Å²) < 4.78 is 5.87. The largest absolute Gasteiger partial charge is 0.368 e. The molecule has 1 aliphatic carbocycles. The zero-order chi connectivity index (χ0) is 13.9. The van der Waals surface area contributed by atoms with Crippen LogP contribution in [0.2, 0.25) is 0 Å². The van der Waals surface area contributed by atoms with E-state index in [-0.39, 0.29) is 16.7 Å². The standard InChI is InChI=1S/C16H17NO3/c18-17(19)15-10-4-3-8-14(15)16-13(9-5-11-20-16)12-6-1-2-7-12/h3-4,6,8-10,16H,1-2,5,7,11H2/t16-/m0/s1. The Morgan fingerprint density at radius 3 is 2.80 bits per heavy atom. The average molecular weight is 271 g/mol. The second-order valence-electron chi connectivity index (χ2n) is 5.14. The van der Waals surface area contributed by atoms with Crippen molar-refractivity contribution in [2.24, 2.45) is 0 Å². The lowest BCUT2D eigenvalue weighted by molar-refractivity contribution is -0.386. The van der Waals surface area contributed by atoms with E-state index in [1.165, 1.54) is 5.57 Å². The smallest absolute Gasteiger partial charge is 0.275 e. The van der Waals surface area contributed by atoms with Crippen LogP contribution in [0.1, 0.15) is 37.4 Å². The first-order valence-corrected chi connectivity index (χ1v) is 7.02. The molecule has 0 spiro atoms. The minimum Gasteiger partial charge on any atom is -0.368 e. The number of para-hydroxylation sites is 1. The van der Waals surface area contributed by atoms with Crippen LogP contribution in [-0.2, 0) is 4.74 Å². The van der Waals surface area contributed by atoms with Crippen molar-refractivity contribution in [3.8, 4) is 0 Å². The highest BCUT2D eigenvalue weighted by Crippen LogP contribution is 2.41. The van der Waals surface area contributed by atoms with Crippen LogP contribution in [0.3, 0.4) is 0 Å². The first-order valence-electron chi connectivity index (χ1n) is 7.02. The molecule has 1 atom stereocenters. The van der Waals surface area contributed by atoms with Crippen molar-refractivity contribution in [2.75, 3.05) is 6.61 Å². The molecule has 0 amide bonds. The number of nitro groups is 1. The Labute approximate surface area is 117 Å². The molecule has 4 heteroatoms. The van der Waals surface area contributed by atoms with Gasteiger partial charge in [0.1, 0.15) is 6.10 Å². The van der Waals surface area contributed by atoms with Gasteiger partial charge in [0.05, 0.1) is 17.1 Å². The summed E-state index contributed by atoms with van der Waals surface area (Å²) in [6.07, 6.45) is 8.31. The molecular formula is C16H17NO3. The van der Waals surface area contributed by atoms with E-state index >= 15 is 0 Å². The van der Waals surface area contributed by atoms with Crippen LogP contribution in [0.5, 0.6) is 0 Å². The molecule has 0 fully saturated rings. The van der Waals surface area contributed by atoms with E-state index in [2.05, 4.69) is 12.2 Å². The molecule has 1 aliphatic heterocycles. The zero-order valence-electron chi connectivity index (χ0n) is 11.2. The maximum Gasteiger partial charge on any atom is 0.275 e. The molecular weight excluding hydrogens is 254 g/mol. The lowest BCUT2D eigenvalue weighted by Gasteiger charge is -2.26. The topological polar surface area (TPSA) is 52.4 Å². The number of nitro benzene ring substituents is 1. The quantitative estimate of drug-likeness (QED) is 0.614. The highest BCUT2D eigenvalue weighted by molar-refractivity contribution is 5.49. The molecule has 0 saturated heterocycles. The fourth-order valence-corrected chi connectivity index (χ4v) is 2.96. The molecule has 0 N–H and O–H groups in total. The summed E-state index contributed by atoms with van der Waals surface area (Å²) in [4.78, 5) is 10.9. The number of hydrogen-bond acceptors (Lipinski definition) is 3. The predicted octanol–water partition coefficient (Wildman–Crippen LogP) is 4.09. The Morgan fingerprint density at radius 1 is 1.20 bits per heavy atom. The fourth-order valence-electron chi connectivity index (χ4n) is 2.96. The van der Waals surface area contributed by atoms with Crippen molar-refractivity contribution in [1.82, 2.24) is 0 Å². The molecule has 1 heterocycles. The molecule has 0 unspecified atom stereocenters. The molecule has 20 heavy (non-hydrogen) atoms. The van der Waals surface area contributed by atoms with Crippen LogP contribution in [0.15, 0.2) is 47.6 Å². The molecule has 1 aromatic carbocycles. The summed E-state index contributed by atoms with van der Waals surface area (Å²) in [6.45, 7) is 0.619. The highest BCUT2D eigenvalue weighted by Gasteiger charge is 2.29. The third-order valence-electron chi connectivity index (χ3n) is 3.88. The molecule has 0 radical (unpaired) electrons. The van der Waals surface area contributed by atoms with Gasteiger partial charge in [0.2, 0.25) is 0 Å². The Balaban J connectivity index is 2.01. The SMILES string of the molecule is O=[N+]([O-])c1ccccc1[C@H]1OCCC=C1C1=CCCC1. The van der Waals surface area contributed by atoms with Crippen LogP contribution in [-0.4, -0.2) is 11.5 Å². The summed E-state index contributed by atoms with van der Waals surface area (Å²) in [7, 11) is 0. The van der Waals surface area contributed by atoms with Gasteiger partial charge in [-0.1, -0.05) is 24.3 Å². The van der Waals surface area contributed by atoms with Crippen LogP contribution in [0, 0.1) is 10.1 Å². The van der Waals surface area contributed by atoms with Gasteiger partial charge in [-0.05, 0) is 42.9 Å². The second-order valence-corrected chi connectivity index (χ2v) is 5.14. The lowest BCUT2D eigenvalue weighted by Crippen LogP contribution is -2.15. The zero-order valence-corrected chi connectivity index (χ0v) is 11.2. The Hall–Kier alpha value is -1.94. The number of benzene rings is 1. The van der Waals surface area contributed by atoms with E-state index in [1.54, 1.807) is 18.2 Å². The van der Waals surface area contributed by atoms with Gasteiger partial charge in [0.25, 0.3) is 5.69 Å². The number of ether oxygens (including phenoxy) is 1. The number of hydrogen-bond donors (Lipinski definition) is 0. The molecule has 4 nitrogen and oxygen atoms in total. The molecule has 3 rings (SSSR count). The molecule has 0 bridgehead atoms. The van der Waals surface area contributed by atoms with Crippen LogP contribution in [0.4, 0.5) is 5.69 Å². The van der Waals surface area contributed by atoms with E-state index in [0.29, 0.717) is 12.2 Å². The van der Waals surface area contributed by atoms with Gasteiger partial charge in [0, 0.05) is 6.07 Å². The normalized spacial score (nSPS) is 22.3. The van der Waals surface area contributed by atoms with E-state index in [0.717, 1.165) is 31.3 Å². The first kappa shape index (κ1) is 13.1. The van der Waals surface area contributed by atoms with Crippen molar-refractivity contribution in [1.29, 1.82) is 0 Å². The predicted molar refractivity (Wildman–Crippen MR) is 76.4 cm³/mol. The third-order valence-corrected chi connectivity index (χ3v) is 3.88. The molecule has 2 aliphatic rings. The Morgan fingerprint density at radius 2 is 2.05 bits per heavy atom. The molecule has 0 saturated carbocycles. The van der Waals surface area contributed by atoms with E-state index in [4.69, 9.17) is 4.74 Å². The van der Waals surface area contributed by atoms with Gasteiger partial charge in [-0.2, -0.15) is 0 Å².